The lowest BCUT2D eigenvalue weighted by Crippen LogP contribution is -2.41. The number of hydrogen-bond acceptors (Lipinski definition) is 2. The van der Waals surface area contributed by atoms with Crippen LogP contribution < -0.4 is 0 Å². The van der Waals surface area contributed by atoms with Crippen molar-refractivity contribution in [3.8, 4) is 0 Å². The Balaban J connectivity index is 0.000000464. The van der Waals surface area contributed by atoms with Crippen LogP contribution >= 0.6 is 0 Å². The molecule has 0 saturated carbocycles. The molecular weight excluding hydrogens is 318 g/mol. The molecule has 0 aromatic rings. The Morgan fingerprint density at radius 2 is 1.00 bits per heavy atom. The van der Waals surface area contributed by atoms with Gasteiger partial charge >= 0.3 is 7.12 Å². The van der Waals surface area contributed by atoms with Crippen molar-refractivity contribution < 1.29 is 9.31 Å². The molecule has 154 valence electrons. The van der Waals surface area contributed by atoms with Crippen LogP contribution in [0, 0.1) is 5.41 Å². The normalized spacial score (nSPS) is 24.5. The summed E-state index contributed by atoms with van der Waals surface area (Å²) in [5.41, 5.74) is 0.220. The molecule has 2 aliphatic rings. The van der Waals surface area contributed by atoms with Gasteiger partial charge in [0, 0.05) is 0 Å². The summed E-state index contributed by atoms with van der Waals surface area (Å²) in [6, 6.07) is 0. The van der Waals surface area contributed by atoms with E-state index < -0.39 is 0 Å². The lowest BCUT2D eigenvalue weighted by atomic mass is 9.28. The van der Waals surface area contributed by atoms with E-state index >= 15 is 0 Å². The molecule has 0 unspecified atom stereocenters. The first-order valence-electron chi connectivity index (χ1n) is 10.2. The molecular formula is C22H48B2O2. The van der Waals surface area contributed by atoms with Gasteiger partial charge in [-0.15, -0.1) is 0 Å². The van der Waals surface area contributed by atoms with E-state index in [1.165, 1.54) is 25.5 Å². The number of rotatable bonds is 0. The van der Waals surface area contributed by atoms with Crippen LogP contribution in [0.1, 0.15) is 103 Å². The Hall–Kier alpha value is 0.0499. The van der Waals surface area contributed by atoms with Gasteiger partial charge in [-0.05, 0) is 38.4 Å². The fourth-order valence-corrected chi connectivity index (χ4v) is 3.46. The fraction of sp³-hybridized carbons (Fsp3) is 1.00. The zero-order chi connectivity index (χ0) is 19.9. The van der Waals surface area contributed by atoms with Gasteiger partial charge in [0.05, 0.1) is 11.2 Å². The second-order valence-corrected chi connectivity index (χ2v) is 12.3. The molecule has 0 amide bonds. The molecule has 0 N–H and O–H groups in total. The van der Waals surface area contributed by atoms with Gasteiger partial charge in [-0.2, -0.15) is 0 Å². The average molecular weight is 366 g/mol. The predicted octanol–water partition coefficient (Wildman–Crippen LogP) is 7.62. The molecule has 2 aliphatic heterocycles. The Morgan fingerprint density at radius 3 is 1.23 bits per heavy atom. The summed E-state index contributed by atoms with van der Waals surface area (Å²) in [5.74, 6) is 0. The van der Waals surface area contributed by atoms with Crippen LogP contribution in [0.4, 0.5) is 0 Å². The van der Waals surface area contributed by atoms with Crippen LogP contribution in [0.5, 0.6) is 0 Å². The van der Waals surface area contributed by atoms with E-state index in [0.29, 0.717) is 10.7 Å². The maximum absolute atomic E-state index is 5.91. The largest absolute Gasteiger partial charge is 0.463 e. The molecule has 4 heteroatoms. The summed E-state index contributed by atoms with van der Waals surface area (Å²) in [7, 11) is -0.0995. The zero-order valence-electron chi connectivity index (χ0n) is 19.3. The Labute approximate surface area is 166 Å². The van der Waals surface area contributed by atoms with Crippen molar-refractivity contribution >= 4 is 13.8 Å². The molecule has 2 fully saturated rings. The van der Waals surface area contributed by atoms with Crippen LogP contribution in [-0.2, 0) is 9.31 Å². The SMILES string of the molecule is C.CC(C)(C)B1OC(C)(C)C(C)(C)O1.CC1(C)CCB(C(C)(C)C)CC1. The highest BCUT2D eigenvalue weighted by Gasteiger charge is 2.54. The molecule has 0 radical (unpaired) electrons. The Morgan fingerprint density at radius 1 is 0.654 bits per heavy atom. The minimum atomic E-state index is -0.203. The first-order chi connectivity index (χ1) is 10.9. The molecule has 2 saturated heterocycles. The standard InChI is InChI=1S/C11H23B.C10H21BO2.CH4/c1-10(2,3)12-8-6-11(4,5)7-9-12;1-8(2,3)11-12-9(4,5)10(6,7)13-11;/h6-9H2,1-5H3;1-7H3;1H4. The highest BCUT2D eigenvalue weighted by atomic mass is 16.7. The predicted molar refractivity (Wildman–Crippen MR) is 121 cm³/mol. The van der Waals surface area contributed by atoms with E-state index in [-0.39, 0.29) is 31.1 Å². The van der Waals surface area contributed by atoms with Crippen molar-refractivity contribution in [3.63, 3.8) is 0 Å². The second kappa shape index (κ2) is 8.19. The topological polar surface area (TPSA) is 18.5 Å². The van der Waals surface area contributed by atoms with Crippen LogP contribution in [0.3, 0.4) is 0 Å². The average Bonchev–Trinajstić information content (AvgIpc) is 2.57. The van der Waals surface area contributed by atoms with Gasteiger partial charge < -0.3 is 9.31 Å². The molecule has 0 atom stereocenters. The van der Waals surface area contributed by atoms with Crippen LogP contribution in [-0.4, -0.2) is 25.0 Å². The van der Waals surface area contributed by atoms with Crippen molar-refractivity contribution in [3.05, 3.63) is 0 Å². The third-order valence-electron chi connectivity index (χ3n) is 6.52. The Kier molecular flexibility index (Phi) is 8.21. The summed E-state index contributed by atoms with van der Waals surface area (Å²) in [6.45, 7) is 27.7. The van der Waals surface area contributed by atoms with Gasteiger partial charge in [0.2, 0.25) is 0 Å². The summed E-state index contributed by atoms with van der Waals surface area (Å²) in [5, 5.41) is 0.585. The maximum Gasteiger partial charge on any atom is 0.463 e. The highest BCUT2D eigenvalue weighted by molar-refractivity contribution is 6.62. The van der Waals surface area contributed by atoms with Crippen LogP contribution in [0.15, 0.2) is 0 Å². The van der Waals surface area contributed by atoms with Gasteiger partial charge in [0.15, 0.2) is 0 Å². The van der Waals surface area contributed by atoms with E-state index in [1.807, 2.05) is 0 Å². The van der Waals surface area contributed by atoms with Gasteiger partial charge in [0.25, 0.3) is 0 Å². The molecule has 0 aromatic heterocycles. The van der Waals surface area contributed by atoms with E-state index in [1.54, 1.807) is 0 Å². The molecule has 0 spiro atoms. The van der Waals surface area contributed by atoms with Crippen molar-refractivity contribution in [2.45, 2.75) is 138 Å². The third kappa shape index (κ3) is 6.89. The van der Waals surface area contributed by atoms with Gasteiger partial charge in [-0.25, -0.2) is 0 Å². The van der Waals surface area contributed by atoms with Crippen LogP contribution in [0.2, 0.25) is 23.3 Å². The quantitative estimate of drug-likeness (QED) is 0.411. The highest BCUT2D eigenvalue weighted by Crippen LogP contribution is 2.44. The molecule has 2 rings (SSSR count). The minimum absolute atomic E-state index is 0. The van der Waals surface area contributed by atoms with E-state index in [9.17, 15) is 0 Å². The van der Waals surface area contributed by atoms with E-state index in [2.05, 4.69) is 83.1 Å². The third-order valence-corrected chi connectivity index (χ3v) is 6.52. The number of hydrogen-bond donors (Lipinski definition) is 0. The lowest BCUT2D eigenvalue weighted by Gasteiger charge is -2.38. The lowest BCUT2D eigenvalue weighted by molar-refractivity contribution is 0.00578. The smallest absolute Gasteiger partial charge is 0.403 e. The second-order valence-electron chi connectivity index (χ2n) is 12.3. The molecule has 0 aromatic carbocycles. The first kappa shape index (κ1) is 26.0. The maximum atomic E-state index is 5.91. The van der Waals surface area contributed by atoms with Crippen molar-refractivity contribution in [1.82, 2.24) is 0 Å². The molecule has 2 nitrogen and oxygen atoms in total. The van der Waals surface area contributed by atoms with Crippen LogP contribution in [0.25, 0.3) is 0 Å². The van der Waals surface area contributed by atoms with Crippen molar-refractivity contribution in [1.29, 1.82) is 0 Å². The molecule has 0 aliphatic carbocycles. The van der Waals surface area contributed by atoms with E-state index in [0.717, 1.165) is 6.71 Å². The van der Waals surface area contributed by atoms with Crippen molar-refractivity contribution in [2.24, 2.45) is 5.41 Å². The first-order valence-corrected chi connectivity index (χ1v) is 10.2. The van der Waals surface area contributed by atoms with Gasteiger partial charge in [-0.3, -0.25) is 0 Å². The summed E-state index contributed by atoms with van der Waals surface area (Å²) >= 11 is 0. The minimum Gasteiger partial charge on any atom is -0.403 e. The van der Waals surface area contributed by atoms with Gasteiger partial charge in [-0.1, -0.05) is 93.6 Å². The molecule has 26 heavy (non-hydrogen) atoms. The molecule has 0 bridgehead atoms. The monoisotopic (exact) mass is 366 g/mol. The molecule has 2 heterocycles. The van der Waals surface area contributed by atoms with E-state index in [4.69, 9.17) is 9.31 Å². The van der Waals surface area contributed by atoms with Crippen molar-refractivity contribution in [2.75, 3.05) is 0 Å². The zero-order valence-corrected chi connectivity index (χ0v) is 19.3. The Bertz CT molecular complexity index is 416. The fourth-order valence-electron chi connectivity index (χ4n) is 3.46. The summed E-state index contributed by atoms with van der Waals surface area (Å²) in [6.07, 6.45) is 5.73. The summed E-state index contributed by atoms with van der Waals surface area (Å²) < 4.78 is 11.8. The summed E-state index contributed by atoms with van der Waals surface area (Å²) in [4.78, 5) is 0. The van der Waals surface area contributed by atoms with Gasteiger partial charge in [0.1, 0.15) is 6.71 Å².